The second-order valence-corrected chi connectivity index (χ2v) is 7.10. The summed E-state index contributed by atoms with van der Waals surface area (Å²) in [7, 11) is 0. The number of hydrogen-bond acceptors (Lipinski definition) is 3. The van der Waals surface area contributed by atoms with Crippen LogP contribution in [0, 0.1) is 6.92 Å². The van der Waals surface area contributed by atoms with Crippen molar-refractivity contribution < 1.29 is 9.21 Å². The first-order valence-electron chi connectivity index (χ1n) is 9.94. The van der Waals surface area contributed by atoms with Crippen LogP contribution >= 0.6 is 0 Å². The van der Waals surface area contributed by atoms with Crippen LogP contribution in [0.15, 0.2) is 57.7 Å². The van der Waals surface area contributed by atoms with Crippen LogP contribution in [0.1, 0.15) is 37.8 Å². The van der Waals surface area contributed by atoms with Gasteiger partial charge in [-0.1, -0.05) is 43.3 Å². The van der Waals surface area contributed by atoms with E-state index in [2.05, 4.69) is 6.92 Å². The van der Waals surface area contributed by atoms with Gasteiger partial charge in [0.15, 0.2) is 0 Å². The summed E-state index contributed by atoms with van der Waals surface area (Å²) in [5.41, 5.74) is 4.22. The summed E-state index contributed by atoms with van der Waals surface area (Å²) in [5, 5.41) is 0.908. The molecule has 146 valence electrons. The molecule has 3 aromatic rings. The monoisotopic (exact) mass is 377 g/mol. The van der Waals surface area contributed by atoms with Crippen LogP contribution in [-0.4, -0.2) is 23.9 Å². The van der Waals surface area contributed by atoms with Crippen LogP contribution in [0.5, 0.6) is 0 Å². The fourth-order valence-corrected chi connectivity index (χ4v) is 3.60. The lowest BCUT2D eigenvalue weighted by atomic mass is 9.97. The number of carbonyl (C=O) groups is 1. The highest BCUT2D eigenvalue weighted by Gasteiger charge is 2.13. The molecule has 0 saturated carbocycles. The molecule has 0 saturated heterocycles. The van der Waals surface area contributed by atoms with Gasteiger partial charge in [-0.15, -0.1) is 0 Å². The first-order valence-corrected chi connectivity index (χ1v) is 9.94. The average Bonchev–Trinajstić information content (AvgIpc) is 2.69. The van der Waals surface area contributed by atoms with E-state index in [1.165, 1.54) is 0 Å². The third-order valence-electron chi connectivity index (χ3n) is 5.10. The van der Waals surface area contributed by atoms with Crippen LogP contribution in [0.3, 0.4) is 0 Å². The van der Waals surface area contributed by atoms with Crippen molar-refractivity contribution in [2.75, 3.05) is 13.1 Å². The maximum Gasteiger partial charge on any atom is 0.336 e. The van der Waals surface area contributed by atoms with Crippen LogP contribution in [-0.2, 0) is 11.2 Å². The van der Waals surface area contributed by atoms with E-state index in [4.69, 9.17) is 4.42 Å². The first-order chi connectivity index (χ1) is 13.5. The fourth-order valence-electron chi connectivity index (χ4n) is 3.60. The number of aryl methyl sites for hydroxylation is 2. The van der Waals surface area contributed by atoms with Gasteiger partial charge in [-0.05, 0) is 49.4 Å². The molecule has 1 amide bonds. The molecule has 0 bridgehead atoms. The number of benzene rings is 2. The number of fused-ring (bicyclic) bond motifs is 1. The maximum atomic E-state index is 12.4. The van der Waals surface area contributed by atoms with Gasteiger partial charge < -0.3 is 9.32 Å². The van der Waals surface area contributed by atoms with Gasteiger partial charge in [0.05, 0.1) is 0 Å². The van der Waals surface area contributed by atoms with Crippen molar-refractivity contribution in [3.63, 3.8) is 0 Å². The normalized spacial score (nSPS) is 11.0. The predicted molar refractivity (Wildman–Crippen MR) is 114 cm³/mol. The molecule has 4 heteroatoms. The summed E-state index contributed by atoms with van der Waals surface area (Å²) in [6.07, 6.45) is 2.05. The first kappa shape index (κ1) is 19.9. The van der Waals surface area contributed by atoms with Crippen molar-refractivity contribution in [3.8, 4) is 11.1 Å². The maximum absolute atomic E-state index is 12.4. The van der Waals surface area contributed by atoms with Crippen LogP contribution in [0.2, 0.25) is 0 Å². The number of hydrogen-bond donors (Lipinski definition) is 0. The van der Waals surface area contributed by atoms with Crippen LogP contribution in [0.4, 0.5) is 0 Å². The van der Waals surface area contributed by atoms with Crippen molar-refractivity contribution in [3.05, 3.63) is 70.1 Å². The van der Waals surface area contributed by atoms with Crippen LogP contribution in [0.25, 0.3) is 22.1 Å². The Bertz CT molecular complexity index is 1040. The van der Waals surface area contributed by atoms with E-state index in [1.54, 1.807) is 6.07 Å². The van der Waals surface area contributed by atoms with E-state index < -0.39 is 0 Å². The zero-order valence-electron chi connectivity index (χ0n) is 16.8. The molecule has 0 atom stereocenters. The minimum atomic E-state index is -0.362. The van der Waals surface area contributed by atoms with Crippen molar-refractivity contribution in [2.24, 2.45) is 0 Å². The minimum absolute atomic E-state index is 0.166. The van der Waals surface area contributed by atoms with Gasteiger partial charge in [0.1, 0.15) is 5.58 Å². The summed E-state index contributed by atoms with van der Waals surface area (Å²) in [4.78, 5) is 26.4. The number of amides is 1. The van der Waals surface area contributed by atoms with Crippen molar-refractivity contribution in [1.29, 1.82) is 0 Å². The quantitative estimate of drug-likeness (QED) is 0.547. The smallest absolute Gasteiger partial charge is 0.336 e. The molecule has 2 aromatic carbocycles. The lowest BCUT2D eigenvalue weighted by Crippen LogP contribution is -2.31. The number of carbonyl (C=O) groups excluding carboxylic acids is 1. The molecule has 4 nitrogen and oxygen atoms in total. The molecule has 0 spiro atoms. The molecule has 0 aliphatic heterocycles. The van der Waals surface area contributed by atoms with Gasteiger partial charge in [0.2, 0.25) is 5.91 Å². The third-order valence-corrected chi connectivity index (χ3v) is 5.10. The van der Waals surface area contributed by atoms with Crippen molar-refractivity contribution >= 4 is 16.9 Å². The average molecular weight is 377 g/mol. The van der Waals surface area contributed by atoms with E-state index in [-0.39, 0.29) is 11.5 Å². The molecule has 1 aromatic heterocycles. The Morgan fingerprint density at radius 3 is 2.54 bits per heavy atom. The van der Waals surface area contributed by atoms with Gasteiger partial charge in [0.25, 0.3) is 0 Å². The Labute approximate surface area is 165 Å². The Hall–Kier alpha value is -2.88. The second kappa shape index (κ2) is 8.87. The Balaban J connectivity index is 1.90. The molecule has 0 fully saturated rings. The van der Waals surface area contributed by atoms with E-state index in [1.807, 2.05) is 61.2 Å². The largest absolute Gasteiger partial charge is 0.423 e. The Kier molecular flexibility index (Phi) is 6.30. The minimum Gasteiger partial charge on any atom is -0.423 e. The third kappa shape index (κ3) is 4.33. The molecule has 0 aliphatic carbocycles. The second-order valence-electron chi connectivity index (χ2n) is 7.10. The van der Waals surface area contributed by atoms with E-state index in [0.717, 1.165) is 47.2 Å². The number of nitrogens with zero attached hydrogens (tertiary/aromatic N) is 1. The lowest BCUT2D eigenvalue weighted by molar-refractivity contribution is -0.131. The molecule has 0 radical (unpaired) electrons. The SMILES string of the molecule is CCCN(CC)C(=O)CCc1ccc2c(-c3ccccc3C)cc(=O)oc2c1. The predicted octanol–water partition coefficient (Wildman–Crippen LogP) is 4.96. The zero-order chi connectivity index (χ0) is 20.1. The van der Waals surface area contributed by atoms with E-state index >= 15 is 0 Å². The molecule has 1 heterocycles. The van der Waals surface area contributed by atoms with E-state index in [0.29, 0.717) is 18.4 Å². The summed E-state index contributed by atoms with van der Waals surface area (Å²) in [6, 6.07) is 15.5. The Morgan fingerprint density at radius 2 is 1.82 bits per heavy atom. The van der Waals surface area contributed by atoms with Crippen LogP contribution < -0.4 is 5.63 Å². The van der Waals surface area contributed by atoms with Crippen molar-refractivity contribution in [1.82, 2.24) is 4.90 Å². The molecule has 28 heavy (non-hydrogen) atoms. The summed E-state index contributed by atoms with van der Waals surface area (Å²) in [6.45, 7) is 7.64. The van der Waals surface area contributed by atoms with Gasteiger partial charge in [0, 0.05) is 36.5 Å². The highest BCUT2D eigenvalue weighted by atomic mass is 16.4. The molecule has 0 N–H and O–H groups in total. The van der Waals surface area contributed by atoms with Gasteiger partial charge in [-0.2, -0.15) is 0 Å². The Morgan fingerprint density at radius 1 is 1.04 bits per heavy atom. The fraction of sp³-hybridized carbons (Fsp3) is 0.333. The molecule has 3 rings (SSSR count). The standard InChI is InChI=1S/C24H27NO3/c1-4-14-25(5-2)23(26)13-11-18-10-12-20-21(16-24(27)28-22(20)15-18)19-9-7-6-8-17(19)3/h6-10,12,15-16H,4-5,11,13-14H2,1-3H3. The highest BCUT2D eigenvalue weighted by Crippen LogP contribution is 2.30. The van der Waals surface area contributed by atoms with Gasteiger partial charge >= 0.3 is 5.63 Å². The van der Waals surface area contributed by atoms with Crippen molar-refractivity contribution in [2.45, 2.75) is 40.0 Å². The molecule has 0 aliphatic rings. The summed E-state index contributed by atoms with van der Waals surface area (Å²) >= 11 is 0. The zero-order valence-corrected chi connectivity index (χ0v) is 16.8. The van der Waals surface area contributed by atoms with Gasteiger partial charge in [-0.25, -0.2) is 4.79 Å². The topological polar surface area (TPSA) is 50.5 Å². The summed E-state index contributed by atoms with van der Waals surface area (Å²) in [5.74, 6) is 0.166. The van der Waals surface area contributed by atoms with Gasteiger partial charge in [-0.3, -0.25) is 4.79 Å². The molecular formula is C24H27NO3. The lowest BCUT2D eigenvalue weighted by Gasteiger charge is -2.20. The molecule has 0 unspecified atom stereocenters. The molecular weight excluding hydrogens is 350 g/mol. The summed E-state index contributed by atoms with van der Waals surface area (Å²) < 4.78 is 5.47. The number of rotatable bonds is 7. The van der Waals surface area contributed by atoms with E-state index in [9.17, 15) is 9.59 Å². The highest BCUT2D eigenvalue weighted by molar-refractivity contribution is 5.94.